The largest absolute Gasteiger partial charge is 0.313 e. The van der Waals surface area contributed by atoms with Crippen molar-refractivity contribution in [3.8, 4) is 0 Å². The van der Waals surface area contributed by atoms with E-state index in [1.54, 1.807) is 0 Å². The van der Waals surface area contributed by atoms with Gasteiger partial charge in [0, 0.05) is 16.6 Å². The van der Waals surface area contributed by atoms with E-state index in [1.807, 2.05) is 12.1 Å². The Bertz CT molecular complexity index is 341. The van der Waals surface area contributed by atoms with Crippen LogP contribution in [0.15, 0.2) is 22.7 Å². The molecule has 1 N–H and O–H groups in total. The molecule has 1 nitrogen and oxygen atoms in total. The van der Waals surface area contributed by atoms with Crippen molar-refractivity contribution in [3.63, 3.8) is 0 Å². The molecule has 1 aromatic rings. The molecular weight excluding hydrogens is 293 g/mol. The van der Waals surface area contributed by atoms with E-state index < -0.39 is 0 Å². The van der Waals surface area contributed by atoms with Gasteiger partial charge in [0.2, 0.25) is 0 Å². The number of halogens is 2. The van der Waals surface area contributed by atoms with Gasteiger partial charge in [-0.1, -0.05) is 61.0 Å². The van der Waals surface area contributed by atoms with Crippen LogP contribution in [0.5, 0.6) is 0 Å². The van der Waals surface area contributed by atoms with Crippen LogP contribution in [0.1, 0.15) is 51.0 Å². The Hall–Kier alpha value is -0.410. The van der Waals surface area contributed by atoms with Crippen LogP contribution in [-0.4, -0.2) is 6.54 Å². The summed E-state index contributed by atoms with van der Waals surface area (Å²) in [5.41, 5.74) is 0.740. The summed E-state index contributed by atoms with van der Waals surface area (Å²) in [6.45, 7) is 3.82. The average Bonchev–Trinajstić information content (AvgIpc) is 2.35. The Balaban J connectivity index is 2.07. The van der Waals surface area contributed by atoms with Crippen molar-refractivity contribution in [3.05, 3.63) is 34.1 Å². The summed E-state index contributed by atoms with van der Waals surface area (Å²) in [4.78, 5) is 0. The number of unbranched alkanes of at least 4 members (excludes halogenated alkanes) is 5. The first-order valence-corrected chi connectivity index (χ1v) is 7.68. The lowest BCUT2D eigenvalue weighted by Gasteiger charge is -2.06. The summed E-state index contributed by atoms with van der Waals surface area (Å²) >= 11 is 3.26. The van der Waals surface area contributed by atoms with Crippen molar-refractivity contribution >= 4 is 15.9 Å². The van der Waals surface area contributed by atoms with Gasteiger partial charge in [0.25, 0.3) is 0 Å². The number of nitrogens with one attached hydrogen (secondary N) is 1. The molecule has 0 aliphatic rings. The van der Waals surface area contributed by atoms with Crippen LogP contribution in [-0.2, 0) is 6.54 Å². The summed E-state index contributed by atoms with van der Waals surface area (Å²) in [7, 11) is 0. The molecule has 0 unspecified atom stereocenters. The second-order valence-corrected chi connectivity index (χ2v) is 5.60. The van der Waals surface area contributed by atoms with E-state index in [4.69, 9.17) is 0 Å². The fourth-order valence-corrected chi connectivity index (χ4v) is 2.25. The molecule has 0 amide bonds. The Labute approximate surface area is 118 Å². The van der Waals surface area contributed by atoms with E-state index in [-0.39, 0.29) is 5.82 Å². The molecule has 0 aromatic heterocycles. The van der Waals surface area contributed by atoms with Crippen molar-refractivity contribution in [2.75, 3.05) is 6.54 Å². The molecule has 102 valence electrons. The highest BCUT2D eigenvalue weighted by molar-refractivity contribution is 9.10. The quantitative estimate of drug-likeness (QED) is 0.630. The first-order valence-electron chi connectivity index (χ1n) is 6.88. The van der Waals surface area contributed by atoms with Crippen molar-refractivity contribution in [1.82, 2.24) is 5.32 Å². The molecule has 1 aromatic carbocycles. The fourth-order valence-electron chi connectivity index (χ4n) is 1.92. The zero-order chi connectivity index (χ0) is 13.2. The van der Waals surface area contributed by atoms with E-state index in [0.29, 0.717) is 6.54 Å². The summed E-state index contributed by atoms with van der Waals surface area (Å²) in [5.74, 6) is -0.139. The number of rotatable bonds is 9. The van der Waals surface area contributed by atoms with Crippen LogP contribution < -0.4 is 5.32 Å². The molecule has 0 spiro atoms. The van der Waals surface area contributed by atoms with Gasteiger partial charge in [0.05, 0.1) is 0 Å². The molecule has 0 aliphatic heterocycles. The molecule has 18 heavy (non-hydrogen) atoms. The second kappa shape index (κ2) is 9.51. The maximum absolute atomic E-state index is 13.5. The van der Waals surface area contributed by atoms with Gasteiger partial charge in [0.1, 0.15) is 5.82 Å². The van der Waals surface area contributed by atoms with Gasteiger partial charge in [-0.2, -0.15) is 0 Å². The van der Waals surface area contributed by atoms with E-state index in [2.05, 4.69) is 28.2 Å². The topological polar surface area (TPSA) is 12.0 Å². The van der Waals surface area contributed by atoms with Crippen LogP contribution in [0.3, 0.4) is 0 Å². The smallest absolute Gasteiger partial charge is 0.128 e. The zero-order valence-corrected chi connectivity index (χ0v) is 12.7. The first kappa shape index (κ1) is 15.6. The van der Waals surface area contributed by atoms with Crippen LogP contribution in [0, 0.1) is 5.82 Å². The van der Waals surface area contributed by atoms with Gasteiger partial charge >= 0.3 is 0 Å². The Morgan fingerprint density at radius 2 is 1.83 bits per heavy atom. The van der Waals surface area contributed by atoms with Crippen LogP contribution in [0.4, 0.5) is 4.39 Å². The predicted octanol–water partition coefficient (Wildman–Crippen LogP) is 5.04. The highest BCUT2D eigenvalue weighted by Gasteiger charge is 2.01. The molecule has 0 saturated carbocycles. The molecule has 0 heterocycles. The Morgan fingerprint density at radius 1 is 1.11 bits per heavy atom. The van der Waals surface area contributed by atoms with Crippen LogP contribution in [0.25, 0.3) is 0 Å². The lowest BCUT2D eigenvalue weighted by atomic mass is 10.1. The third kappa shape index (κ3) is 6.50. The van der Waals surface area contributed by atoms with Gasteiger partial charge in [-0.05, 0) is 25.1 Å². The van der Waals surface area contributed by atoms with Gasteiger partial charge in [-0.25, -0.2) is 4.39 Å². The molecule has 1 rings (SSSR count). The van der Waals surface area contributed by atoms with Crippen molar-refractivity contribution in [2.45, 2.75) is 52.0 Å². The summed E-state index contributed by atoms with van der Waals surface area (Å²) in [6, 6.07) is 5.22. The van der Waals surface area contributed by atoms with Crippen molar-refractivity contribution < 1.29 is 4.39 Å². The summed E-state index contributed by atoms with van der Waals surface area (Å²) < 4.78 is 14.3. The van der Waals surface area contributed by atoms with Crippen molar-refractivity contribution in [2.24, 2.45) is 0 Å². The summed E-state index contributed by atoms with van der Waals surface area (Å²) in [5, 5.41) is 3.30. The Morgan fingerprint density at radius 3 is 2.56 bits per heavy atom. The highest BCUT2D eigenvalue weighted by atomic mass is 79.9. The predicted molar refractivity (Wildman–Crippen MR) is 79.2 cm³/mol. The van der Waals surface area contributed by atoms with Gasteiger partial charge in [0.15, 0.2) is 0 Å². The maximum Gasteiger partial charge on any atom is 0.128 e. The average molecular weight is 316 g/mol. The van der Waals surface area contributed by atoms with Gasteiger partial charge in [-0.15, -0.1) is 0 Å². The summed E-state index contributed by atoms with van der Waals surface area (Å²) in [6.07, 6.45) is 7.76. The van der Waals surface area contributed by atoms with Gasteiger partial charge in [-0.3, -0.25) is 0 Å². The molecule has 0 radical (unpaired) electrons. The fraction of sp³-hybridized carbons (Fsp3) is 0.600. The minimum Gasteiger partial charge on any atom is -0.313 e. The van der Waals surface area contributed by atoms with E-state index >= 15 is 0 Å². The van der Waals surface area contributed by atoms with E-state index in [9.17, 15) is 4.39 Å². The number of hydrogen-bond donors (Lipinski definition) is 1. The second-order valence-electron chi connectivity index (χ2n) is 4.68. The maximum atomic E-state index is 13.5. The minimum atomic E-state index is -0.139. The lowest BCUT2D eigenvalue weighted by molar-refractivity contribution is 0.555. The molecule has 3 heteroatoms. The van der Waals surface area contributed by atoms with Crippen LogP contribution >= 0.6 is 15.9 Å². The normalized spacial score (nSPS) is 10.8. The highest BCUT2D eigenvalue weighted by Crippen LogP contribution is 2.15. The number of benzene rings is 1. The minimum absolute atomic E-state index is 0.139. The molecular formula is C15H23BrFN. The Kier molecular flexibility index (Phi) is 8.27. The van der Waals surface area contributed by atoms with E-state index in [1.165, 1.54) is 44.6 Å². The molecule has 0 aliphatic carbocycles. The molecule has 0 saturated heterocycles. The monoisotopic (exact) mass is 315 g/mol. The van der Waals surface area contributed by atoms with Gasteiger partial charge < -0.3 is 5.32 Å². The zero-order valence-electron chi connectivity index (χ0n) is 11.1. The third-order valence-corrected chi connectivity index (χ3v) is 3.53. The standard InChI is InChI=1S/C15H23BrFN/c1-2-3-4-5-6-7-10-18-12-13-8-9-14(16)11-15(13)17/h8-9,11,18H,2-7,10,12H2,1H3. The molecule has 0 atom stereocenters. The first-order chi connectivity index (χ1) is 8.74. The molecule has 0 fully saturated rings. The van der Waals surface area contributed by atoms with E-state index in [0.717, 1.165) is 16.6 Å². The lowest BCUT2D eigenvalue weighted by Crippen LogP contribution is -2.15. The van der Waals surface area contributed by atoms with Crippen molar-refractivity contribution in [1.29, 1.82) is 0 Å². The number of hydrogen-bond acceptors (Lipinski definition) is 1. The third-order valence-electron chi connectivity index (χ3n) is 3.04. The molecule has 0 bridgehead atoms. The SMILES string of the molecule is CCCCCCCCNCc1ccc(Br)cc1F. The van der Waals surface area contributed by atoms with Crippen LogP contribution in [0.2, 0.25) is 0 Å².